The Morgan fingerprint density at radius 1 is 0.926 bits per heavy atom. The molecule has 3 aromatic carbocycles. The minimum absolute atomic E-state index is 0.0170. The summed E-state index contributed by atoms with van der Waals surface area (Å²) >= 11 is 3.34. The lowest BCUT2D eigenvalue weighted by atomic mass is 9.97. The fourth-order valence-electron chi connectivity index (χ4n) is 2.93. The van der Waals surface area contributed by atoms with E-state index < -0.39 is 11.2 Å². The van der Waals surface area contributed by atoms with Crippen LogP contribution in [0.3, 0.4) is 0 Å². The van der Waals surface area contributed by atoms with E-state index in [4.69, 9.17) is 4.42 Å². The average molecular weight is 421 g/mol. The van der Waals surface area contributed by atoms with Gasteiger partial charge in [0.15, 0.2) is 0 Å². The van der Waals surface area contributed by atoms with Crippen LogP contribution in [0, 0.1) is 0 Å². The molecule has 4 rings (SSSR count). The van der Waals surface area contributed by atoms with E-state index in [1.807, 2.05) is 6.07 Å². The van der Waals surface area contributed by atoms with E-state index >= 15 is 0 Å². The van der Waals surface area contributed by atoms with E-state index in [9.17, 15) is 14.7 Å². The lowest BCUT2D eigenvalue weighted by Crippen LogP contribution is -2.18. The highest BCUT2D eigenvalue weighted by atomic mass is 79.9. The number of phenols is 1. The third-order valence-electron chi connectivity index (χ3n) is 4.25. The van der Waals surface area contributed by atoms with Crippen LogP contribution in [0.5, 0.6) is 5.75 Å². The second kappa shape index (κ2) is 6.85. The second-order valence-corrected chi connectivity index (χ2v) is 6.93. The quantitative estimate of drug-likeness (QED) is 0.464. The van der Waals surface area contributed by atoms with E-state index in [1.165, 1.54) is 18.2 Å². The van der Waals surface area contributed by atoms with Gasteiger partial charge in [-0.3, -0.25) is 9.59 Å². The number of aromatic hydroxyl groups is 1. The van der Waals surface area contributed by atoms with Crippen LogP contribution in [0.4, 0.5) is 0 Å². The van der Waals surface area contributed by atoms with Crippen molar-refractivity contribution in [1.29, 1.82) is 0 Å². The highest BCUT2D eigenvalue weighted by Gasteiger charge is 2.23. The predicted molar refractivity (Wildman–Crippen MR) is 107 cm³/mol. The van der Waals surface area contributed by atoms with Crippen molar-refractivity contribution in [3.63, 3.8) is 0 Å². The summed E-state index contributed by atoms with van der Waals surface area (Å²) in [6.07, 6.45) is 0. The van der Waals surface area contributed by atoms with Crippen LogP contribution < -0.4 is 5.43 Å². The Hall–Kier alpha value is -3.18. The van der Waals surface area contributed by atoms with Crippen LogP contribution in [-0.2, 0) is 0 Å². The Balaban J connectivity index is 2.04. The maximum Gasteiger partial charge on any atom is 0.204 e. The number of carbonyl (C=O) groups is 1. The number of phenolic OH excluding ortho intramolecular Hbond substituents is 1. The number of fused-ring (bicyclic) bond motifs is 1. The first-order chi connectivity index (χ1) is 13.0. The average Bonchev–Trinajstić information content (AvgIpc) is 2.68. The summed E-state index contributed by atoms with van der Waals surface area (Å²) in [7, 11) is 0. The normalized spacial score (nSPS) is 10.9. The fraction of sp³-hybridized carbons (Fsp3) is 0. The Morgan fingerprint density at radius 2 is 1.63 bits per heavy atom. The number of ketones is 1. The zero-order chi connectivity index (χ0) is 19.0. The van der Waals surface area contributed by atoms with Crippen molar-refractivity contribution in [3.05, 3.63) is 98.6 Å². The molecule has 0 saturated carbocycles. The largest absolute Gasteiger partial charge is 0.508 e. The minimum Gasteiger partial charge on any atom is -0.508 e. The third kappa shape index (κ3) is 3.17. The monoisotopic (exact) mass is 420 g/mol. The van der Waals surface area contributed by atoms with Gasteiger partial charge in [-0.1, -0.05) is 46.3 Å². The van der Waals surface area contributed by atoms with Gasteiger partial charge in [0.2, 0.25) is 11.2 Å². The molecule has 0 amide bonds. The van der Waals surface area contributed by atoms with Gasteiger partial charge in [-0.2, -0.15) is 0 Å². The lowest BCUT2D eigenvalue weighted by molar-refractivity contribution is 0.103. The van der Waals surface area contributed by atoms with E-state index in [1.54, 1.807) is 48.5 Å². The Labute approximate surface area is 162 Å². The van der Waals surface area contributed by atoms with Crippen molar-refractivity contribution >= 4 is 32.7 Å². The number of benzene rings is 3. The molecule has 0 bridgehead atoms. The molecule has 0 aliphatic carbocycles. The minimum atomic E-state index is -0.428. The van der Waals surface area contributed by atoms with E-state index in [-0.39, 0.29) is 28.0 Å². The van der Waals surface area contributed by atoms with Crippen LogP contribution in [0.2, 0.25) is 0 Å². The van der Waals surface area contributed by atoms with Crippen molar-refractivity contribution in [3.8, 4) is 17.1 Å². The molecule has 5 heteroatoms. The van der Waals surface area contributed by atoms with E-state index in [2.05, 4.69) is 15.9 Å². The summed E-state index contributed by atoms with van der Waals surface area (Å²) in [6.45, 7) is 0. The molecular weight excluding hydrogens is 408 g/mol. The third-order valence-corrected chi connectivity index (χ3v) is 4.77. The molecule has 0 aliphatic rings. The first-order valence-corrected chi connectivity index (χ1v) is 8.99. The van der Waals surface area contributed by atoms with Crippen molar-refractivity contribution in [2.75, 3.05) is 0 Å². The first kappa shape index (κ1) is 17.2. The van der Waals surface area contributed by atoms with Crippen LogP contribution >= 0.6 is 15.9 Å². The standard InChI is InChI=1S/C22H13BrO4/c23-15-8-6-13(7-9-15)20(25)19-21(26)17-11-10-16(24)12-18(17)27-22(19)14-4-2-1-3-5-14/h1-12,24H. The maximum atomic E-state index is 13.2. The zero-order valence-corrected chi connectivity index (χ0v) is 15.6. The van der Waals surface area contributed by atoms with Crippen LogP contribution in [0.25, 0.3) is 22.3 Å². The van der Waals surface area contributed by atoms with Gasteiger partial charge in [0.25, 0.3) is 0 Å². The van der Waals surface area contributed by atoms with Crippen molar-refractivity contribution in [2.45, 2.75) is 0 Å². The van der Waals surface area contributed by atoms with Gasteiger partial charge in [-0.05, 0) is 36.4 Å². The molecule has 0 spiro atoms. The molecule has 4 aromatic rings. The predicted octanol–water partition coefficient (Wildman–Crippen LogP) is 5.16. The molecule has 0 unspecified atom stereocenters. The van der Waals surface area contributed by atoms with Gasteiger partial charge >= 0.3 is 0 Å². The number of halogens is 1. The molecule has 132 valence electrons. The smallest absolute Gasteiger partial charge is 0.204 e. The fourth-order valence-corrected chi connectivity index (χ4v) is 3.19. The van der Waals surface area contributed by atoms with Gasteiger partial charge in [0.1, 0.15) is 22.7 Å². The summed E-state index contributed by atoms with van der Waals surface area (Å²) in [5, 5.41) is 9.98. The van der Waals surface area contributed by atoms with Gasteiger partial charge in [0.05, 0.1) is 5.39 Å². The molecule has 27 heavy (non-hydrogen) atoms. The zero-order valence-electron chi connectivity index (χ0n) is 14.0. The molecule has 0 fully saturated rings. The topological polar surface area (TPSA) is 67.5 Å². The highest BCUT2D eigenvalue weighted by Crippen LogP contribution is 2.29. The molecule has 1 N–H and O–H groups in total. The van der Waals surface area contributed by atoms with Gasteiger partial charge in [0, 0.05) is 21.7 Å². The number of carbonyl (C=O) groups excluding carboxylic acids is 1. The summed E-state index contributed by atoms with van der Waals surface area (Å²) in [4.78, 5) is 26.3. The van der Waals surface area contributed by atoms with Gasteiger partial charge in [-0.25, -0.2) is 0 Å². The molecular formula is C22H13BrO4. The van der Waals surface area contributed by atoms with E-state index in [0.717, 1.165) is 4.47 Å². The SMILES string of the molecule is O=C(c1ccc(Br)cc1)c1c(-c2ccccc2)oc2cc(O)ccc2c1=O. The summed E-state index contributed by atoms with van der Waals surface area (Å²) in [5.74, 6) is -0.242. The molecule has 0 aliphatic heterocycles. The second-order valence-electron chi connectivity index (χ2n) is 6.02. The molecule has 1 heterocycles. The van der Waals surface area contributed by atoms with Crippen molar-refractivity contribution in [2.24, 2.45) is 0 Å². The Morgan fingerprint density at radius 3 is 2.33 bits per heavy atom. The maximum absolute atomic E-state index is 13.2. The van der Waals surface area contributed by atoms with Crippen molar-refractivity contribution < 1.29 is 14.3 Å². The van der Waals surface area contributed by atoms with Crippen LogP contribution in [0.1, 0.15) is 15.9 Å². The highest BCUT2D eigenvalue weighted by molar-refractivity contribution is 9.10. The van der Waals surface area contributed by atoms with Crippen LogP contribution in [0.15, 0.2) is 86.5 Å². The lowest BCUT2D eigenvalue weighted by Gasteiger charge is -2.10. The molecule has 4 nitrogen and oxygen atoms in total. The number of rotatable bonds is 3. The van der Waals surface area contributed by atoms with Gasteiger partial charge < -0.3 is 9.52 Å². The Kier molecular flexibility index (Phi) is 4.38. The molecule has 0 atom stereocenters. The summed E-state index contributed by atoms with van der Waals surface area (Å²) < 4.78 is 6.75. The number of hydrogen-bond acceptors (Lipinski definition) is 4. The summed E-state index contributed by atoms with van der Waals surface area (Å²) in [5.41, 5.74) is 0.775. The molecule has 0 radical (unpaired) electrons. The molecule has 1 aromatic heterocycles. The van der Waals surface area contributed by atoms with Crippen LogP contribution in [-0.4, -0.2) is 10.9 Å². The Bertz CT molecular complexity index is 1210. The first-order valence-electron chi connectivity index (χ1n) is 8.20. The van der Waals surface area contributed by atoms with Crippen molar-refractivity contribution in [1.82, 2.24) is 0 Å². The van der Waals surface area contributed by atoms with E-state index in [0.29, 0.717) is 11.1 Å². The number of hydrogen-bond donors (Lipinski definition) is 1. The summed E-state index contributed by atoms with van der Waals surface area (Å²) in [6, 6.07) is 20.0. The van der Waals surface area contributed by atoms with Gasteiger partial charge in [-0.15, -0.1) is 0 Å². The molecule has 0 saturated heterocycles.